The van der Waals surface area contributed by atoms with Crippen molar-refractivity contribution in [2.75, 3.05) is 6.79 Å². The Kier molecular flexibility index (Phi) is 3.93. The highest BCUT2D eigenvalue weighted by atomic mass is 35.5. The van der Waals surface area contributed by atoms with E-state index in [1.165, 1.54) is 30.5 Å². The molecule has 1 heterocycles. The van der Waals surface area contributed by atoms with E-state index in [-0.39, 0.29) is 6.79 Å². The van der Waals surface area contributed by atoms with E-state index in [0.29, 0.717) is 27.6 Å². The molecule has 1 amide bonds. The van der Waals surface area contributed by atoms with Crippen molar-refractivity contribution in [3.05, 3.63) is 58.4 Å². The molecule has 2 aromatic carbocycles. The van der Waals surface area contributed by atoms with Gasteiger partial charge in [-0.15, -0.1) is 0 Å². The molecule has 1 aliphatic heterocycles. The maximum absolute atomic E-state index is 12.8. The van der Waals surface area contributed by atoms with E-state index in [4.69, 9.17) is 21.1 Å². The Morgan fingerprint density at radius 3 is 2.64 bits per heavy atom. The molecule has 0 spiro atoms. The number of nitrogens with zero attached hydrogens (tertiary/aromatic N) is 1. The number of hydrogen-bond acceptors (Lipinski definition) is 4. The molecule has 0 unspecified atom stereocenters. The number of ether oxygens (including phenoxy) is 2. The number of benzene rings is 2. The zero-order valence-corrected chi connectivity index (χ0v) is 11.9. The molecule has 0 atom stereocenters. The summed E-state index contributed by atoms with van der Waals surface area (Å²) in [7, 11) is 0. The summed E-state index contributed by atoms with van der Waals surface area (Å²) < 4.78 is 23.2. The molecule has 0 aromatic heterocycles. The predicted octanol–water partition coefficient (Wildman–Crippen LogP) is 2.97. The first-order valence-corrected chi connectivity index (χ1v) is 6.69. The summed E-state index contributed by atoms with van der Waals surface area (Å²) in [6.45, 7) is 0.146. The lowest BCUT2D eigenvalue weighted by Crippen LogP contribution is -2.17. The Hall–Kier alpha value is -2.60. The molecule has 0 saturated carbocycles. The lowest BCUT2D eigenvalue weighted by molar-refractivity contribution is 0.0955. The Balaban J connectivity index is 1.70. The lowest BCUT2D eigenvalue weighted by Gasteiger charge is -2.02. The van der Waals surface area contributed by atoms with Crippen molar-refractivity contribution in [1.29, 1.82) is 0 Å². The van der Waals surface area contributed by atoms with Gasteiger partial charge in [0.25, 0.3) is 5.91 Å². The number of fused-ring (bicyclic) bond motifs is 1. The summed E-state index contributed by atoms with van der Waals surface area (Å²) in [6, 6.07) is 8.42. The maximum atomic E-state index is 12.8. The van der Waals surface area contributed by atoms with Crippen molar-refractivity contribution in [3.63, 3.8) is 0 Å². The molecule has 0 saturated heterocycles. The zero-order valence-electron chi connectivity index (χ0n) is 11.2. The second kappa shape index (κ2) is 6.03. The molecule has 0 fully saturated rings. The van der Waals surface area contributed by atoms with Gasteiger partial charge < -0.3 is 9.47 Å². The van der Waals surface area contributed by atoms with Crippen LogP contribution in [0.4, 0.5) is 4.39 Å². The normalized spacial score (nSPS) is 12.6. The molecule has 3 rings (SSSR count). The van der Waals surface area contributed by atoms with Crippen LogP contribution in [0.3, 0.4) is 0 Å². The predicted molar refractivity (Wildman–Crippen MR) is 79.0 cm³/mol. The van der Waals surface area contributed by atoms with E-state index in [1.54, 1.807) is 12.1 Å². The summed E-state index contributed by atoms with van der Waals surface area (Å²) >= 11 is 6.08. The van der Waals surface area contributed by atoms with Crippen LogP contribution in [0, 0.1) is 5.82 Å². The van der Waals surface area contributed by atoms with E-state index in [9.17, 15) is 9.18 Å². The third-order valence-corrected chi connectivity index (χ3v) is 3.30. The van der Waals surface area contributed by atoms with Crippen LogP contribution in [-0.4, -0.2) is 18.9 Å². The third kappa shape index (κ3) is 3.01. The maximum Gasteiger partial charge on any atom is 0.271 e. The number of rotatable bonds is 3. The quantitative estimate of drug-likeness (QED) is 0.698. The summed E-state index contributed by atoms with van der Waals surface area (Å²) in [5.74, 6) is 0.272. The van der Waals surface area contributed by atoms with Crippen molar-refractivity contribution < 1.29 is 18.7 Å². The summed E-state index contributed by atoms with van der Waals surface area (Å²) in [5, 5.41) is 4.25. The second-order valence-corrected chi connectivity index (χ2v) is 4.84. The first kappa shape index (κ1) is 14.3. The molecule has 7 heteroatoms. The molecule has 0 radical (unpaired) electrons. The minimum Gasteiger partial charge on any atom is -0.454 e. The number of halogens is 2. The van der Waals surface area contributed by atoms with E-state index in [2.05, 4.69) is 10.5 Å². The number of hydrazone groups is 1. The van der Waals surface area contributed by atoms with Crippen LogP contribution in [0.1, 0.15) is 15.9 Å². The number of carbonyl (C=O) groups is 1. The highest BCUT2D eigenvalue weighted by Crippen LogP contribution is 2.36. The molecule has 0 aliphatic carbocycles. The topological polar surface area (TPSA) is 59.9 Å². The van der Waals surface area contributed by atoms with Gasteiger partial charge in [0.15, 0.2) is 11.5 Å². The minimum absolute atomic E-state index is 0.146. The molecule has 0 bridgehead atoms. The number of amides is 1. The third-order valence-electron chi connectivity index (χ3n) is 2.97. The van der Waals surface area contributed by atoms with Gasteiger partial charge in [-0.05, 0) is 30.3 Å². The first-order valence-electron chi connectivity index (χ1n) is 6.31. The van der Waals surface area contributed by atoms with Crippen molar-refractivity contribution in [1.82, 2.24) is 5.43 Å². The fraction of sp³-hybridized carbons (Fsp3) is 0.0667. The second-order valence-electron chi connectivity index (χ2n) is 4.43. The number of hydrogen-bond donors (Lipinski definition) is 1. The van der Waals surface area contributed by atoms with Gasteiger partial charge in [0.1, 0.15) is 5.82 Å². The van der Waals surface area contributed by atoms with Gasteiger partial charge in [-0.1, -0.05) is 11.6 Å². The van der Waals surface area contributed by atoms with Crippen molar-refractivity contribution in [3.8, 4) is 11.5 Å². The van der Waals surface area contributed by atoms with E-state index >= 15 is 0 Å². The Bertz CT molecular complexity index is 747. The standard InChI is InChI=1S/C15H10ClFN2O3/c16-12-6-14-13(21-8-22-14)5-10(12)7-18-19-15(20)9-1-3-11(17)4-2-9/h1-7H,8H2,(H,19,20)/b18-7+. The summed E-state index contributed by atoms with van der Waals surface area (Å²) in [6.07, 6.45) is 1.39. The van der Waals surface area contributed by atoms with Crippen LogP contribution >= 0.6 is 11.6 Å². The van der Waals surface area contributed by atoms with Gasteiger partial charge in [0.2, 0.25) is 6.79 Å². The fourth-order valence-electron chi connectivity index (χ4n) is 1.86. The molecule has 5 nitrogen and oxygen atoms in total. The highest BCUT2D eigenvalue weighted by Gasteiger charge is 2.15. The van der Waals surface area contributed by atoms with Crippen LogP contribution < -0.4 is 14.9 Å². The highest BCUT2D eigenvalue weighted by molar-refractivity contribution is 6.33. The van der Waals surface area contributed by atoms with Gasteiger partial charge in [0.05, 0.1) is 11.2 Å². The summed E-state index contributed by atoms with van der Waals surface area (Å²) in [5.41, 5.74) is 3.21. The Morgan fingerprint density at radius 2 is 1.91 bits per heavy atom. The van der Waals surface area contributed by atoms with Gasteiger partial charge in [-0.25, -0.2) is 9.82 Å². The molecule has 2 aromatic rings. The zero-order chi connectivity index (χ0) is 15.5. The van der Waals surface area contributed by atoms with Crippen LogP contribution in [0.15, 0.2) is 41.5 Å². The molecule has 112 valence electrons. The minimum atomic E-state index is -0.451. The number of carbonyl (C=O) groups excluding carboxylic acids is 1. The van der Waals surface area contributed by atoms with Gasteiger partial charge in [-0.3, -0.25) is 4.79 Å². The average molecular weight is 321 g/mol. The van der Waals surface area contributed by atoms with Crippen LogP contribution in [0.5, 0.6) is 11.5 Å². The largest absolute Gasteiger partial charge is 0.454 e. The molecule has 1 aliphatic rings. The number of nitrogens with one attached hydrogen (secondary N) is 1. The van der Waals surface area contributed by atoms with Gasteiger partial charge in [-0.2, -0.15) is 5.10 Å². The van der Waals surface area contributed by atoms with Crippen LogP contribution in [0.25, 0.3) is 0 Å². The SMILES string of the molecule is O=C(N/N=C/c1cc2c(cc1Cl)OCO2)c1ccc(F)cc1. The van der Waals surface area contributed by atoms with Crippen LogP contribution in [0.2, 0.25) is 5.02 Å². The van der Waals surface area contributed by atoms with Crippen molar-refractivity contribution in [2.45, 2.75) is 0 Å². The Labute approximate surface area is 130 Å². The first-order chi connectivity index (χ1) is 10.6. The van der Waals surface area contributed by atoms with E-state index in [1.807, 2.05) is 0 Å². The molecular formula is C15H10ClFN2O3. The van der Waals surface area contributed by atoms with Crippen molar-refractivity contribution >= 4 is 23.7 Å². The Morgan fingerprint density at radius 1 is 1.23 bits per heavy atom. The molecule has 1 N–H and O–H groups in total. The lowest BCUT2D eigenvalue weighted by atomic mass is 10.2. The van der Waals surface area contributed by atoms with E-state index < -0.39 is 11.7 Å². The van der Waals surface area contributed by atoms with Gasteiger partial charge >= 0.3 is 0 Å². The molecular weight excluding hydrogens is 311 g/mol. The molecule has 22 heavy (non-hydrogen) atoms. The van der Waals surface area contributed by atoms with E-state index in [0.717, 1.165) is 0 Å². The summed E-state index contributed by atoms with van der Waals surface area (Å²) in [4.78, 5) is 11.8. The monoisotopic (exact) mass is 320 g/mol. The van der Waals surface area contributed by atoms with Crippen LogP contribution in [-0.2, 0) is 0 Å². The average Bonchev–Trinajstić information content (AvgIpc) is 2.95. The smallest absolute Gasteiger partial charge is 0.271 e. The van der Waals surface area contributed by atoms with Gasteiger partial charge in [0, 0.05) is 17.2 Å². The van der Waals surface area contributed by atoms with Crippen molar-refractivity contribution in [2.24, 2.45) is 5.10 Å². The fourth-order valence-corrected chi connectivity index (χ4v) is 2.06.